The fraction of sp³-hybridized carbons (Fsp3) is 0.143. The fourth-order valence-corrected chi connectivity index (χ4v) is 2.98. The summed E-state index contributed by atoms with van der Waals surface area (Å²) in [7, 11) is 0. The second-order valence-corrected chi connectivity index (χ2v) is 6.63. The van der Waals surface area contributed by atoms with Crippen molar-refractivity contribution in [1.29, 1.82) is 0 Å². The van der Waals surface area contributed by atoms with Gasteiger partial charge in [0.2, 0.25) is 11.8 Å². The van der Waals surface area contributed by atoms with E-state index in [0.717, 1.165) is 16.3 Å². The molecule has 2 N–H and O–H groups in total. The van der Waals surface area contributed by atoms with Crippen LogP contribution < -0.4 is 10.6 Å². The number of carbonyl (C=O) groups excluding carboxylic acids is 2. The summed E-state index contributed by atoms with van der Waals surface area (Å²) in [5, 5.41) is 7.27. The number of halogens is 2. The summed E-state index contributed by atoms with van der Waals surface area (Å²) >= 11 is 5.70. The van der Waals surface area contributed by atoms with Crippen LogP contribution in [0.1, 0.15) is 12.5 Å². The average Bonchev–Trinajstić information content (AvgIpc) is 2.65. The summed E-state index contributed by atoms with van der Waals surface area (Å²) in [5.74, 6) is -1.24. The first-order chi connectivity index (χ1) is 12.9. The van der Waals surface area contributed by atoms with Gasteiger partial charge in [-0.3, -0.25) is 9.59 Å². The van der Waals surface area contributed by atoms with Gasteiger partial charge >= 0.3 is 0 Å². The van der Waals surface area contributed by atoms with E-state index in [0.29, 0.717) is 5.69 Å². The molecule has 3 rings (SSSR count). The van der Waals surface area contributed by atoms with Gasteiger partial charge in [0.15, 0.2) is 0 Å². The Hall–Kier alpha value is -2.92. The van der Waals surface area contributed by atoms with Crippen LogP contribution >= 0.6 is 11.6 Å². The predicted molar refractivity (Wildman–Crippen MR) is 105 cm³/mol. The highest BCUT2D eigenvalue weighted by atomic mass is 35.5. The van der Waals surface area contributed by atoms with Crippen molar-refractivity contribution in [1.82, 2.24) is 5.32 Å². The maximum atomic E-state index is 13.2. The van der Waals surface area contributed by atoms with Gasteiger partial charge in [-0.2, -0.15) is 0 Å². The molecule has 27 heavy (non-hydrogen) atoms. The molecule has 0 radical (unpaired) electrons. The number of fused-ring (bicyclic) bond motifs is 1. The number of amides is 2. The first kappa shape index (κ1) is 18.9. The number of benzene rings is 3. The second-order valence-electron chi connectivity index (χ2n) is 6.22. The van der Waals surface area contributed by atoms with Crippen LogP contribution in [0.25, 0.3) is 10.8 Å². The van der Waals surface area contributed by atoms with E-state index in [-0.39, 0.29) is 17.4 Å². The van der Waals surface area contributed by atoms with E-state index in [4.69, 9.17) is 11.6 Å². The van der Waals surface area contributed by atoms with Gasteiger partial charge in [-0.25, -0.2) is 4.39 Å². The Labute approximate surface area is 161 Å². The Balaban J connectivity index is 1.62. The van der Waals surface area contributed by atoms with Crippen molar-refractivity contribution in [2.75, 3.05) is 5.32 Å². The molecule has 0 aromatic heterocycles. The van der Waals surface area contributed by atoms with Crippen molar-refractivity contribution >= 4 is 39.9 Å². The minimum absolute atomic E-state index is 0.0829. The van der Waals surface area contributed by atoms with Gasteiger partial charge < -0.3 is 10.6 Å². The van der Waals surface area contributed by atoms with Gasteiger partial charge in [0.1, 0.15) is 11.9 Å². The number of carbonyl (C=O) groups is 2. The fourth-order valence-electron chi connectivity index (χ4n) is 2.80. The van der Waals surface area contributed by atoms with E-state index in [1.165, 1.54) is 18.2 Å². The number of nitrogens with one attached hydrogen (secondary N) is 2. The summed E-state index contributed by atoms with van der Waals surface area (Å²) in [4.78, 5) is 24.6. The van der Waals surface area contributed by atoms with Gasteiger partial charge in [-0.1, -0.05) is 54.1 Å². The summed E-state index contributed by atoms with van der Waals surface area (Å²) < 4.78 is 13.2. The van der Waals surface area contributed by atoms with Crippen LogP contribution in [0.5, 0.6) is 0 Å². The van der Waals surface area contributed by atoms with Crippen molar-refractivity contribution in [3.8, 4) is 0 Å². The van der Waals surface area contributed by atoms with Gasteiger partial charge in [0, 0.05) is 5.69 Å². The number of rotatable bonds is 5. The lowest BCUT2D eigenvalue weighted by Crippen LogP contribution is -2.42. The average molecular weight is 385 g/mol. The Bertz CT molecular complexity index is 1000. The van der Waals surface area contributed by atoms with Crippen LogP contribution in [-0.4, -0.2) is 17.9 Å². The van der Waals surface area contributed by atoms with Crippen LogP contribution in [0.2, 0.25) is 5.02 Å². The van der Waals surface area contributed by atoms with Crippen LogP contribution in [-0.2, 0) is 16.0 Å². The Kier molecular flexibility index (Phi) is 5.72. The standard InChI is InChI=1S/C21H18ClFN2O2/c1-13(21(27)25-16-9-10-19(23)18(22)12-16)24-20(26)11-15-7-4-6-14-5-2-3-8-17(14)15/h2-10,12-13H,11H2,1H3,(H,24,26)(H,25,27). The lowest BCUT2D eigenvalue weighted by molar-refractivity contribution is -0.125. The summed E-state index contributed by atoms with van der Waals surface area (Å²) in [6.07, 6.45) is 0.168. The molecule has 3 aromatic rings. The molecule has 0 aliphatic carbocycles. The van der Waals surface area contributed by atoms with Crippen molar-refractivity contribution in [2.24, 2.45) is 0 Å². The molecule has 1 unspecified atom stereocenters. The van der Waals surface area contributed by atoms with Crippen molar-refractivity contribution in [3.63, 3.8) is 0 Å². The minimum atomic E-state index is -0.753. The SMILES string of the molecule is CC(NC(=O)Cc1cccc2ccccc12)C(=O)Nc1ccc(F)c(Cl)c1. The molecule has 0 aliphatic rings. The van der Waals surface area contributed by atoms with E-state index in [1.807, 2.05) is 42.5 Å². The molecule has 0 saturated carbocycles. The third kappa shape index (κ3) is 4.63. The van der Waals surface area contributed by atoms with Gasteiger partial charge in [0.05, 0.1) is 11.4 Å². The van der Waals surface area contributed by atoms with Crippen molar-refractivity contribution < 1.29 is 14.0 Å². The van der Waals surface area contributed by atoms with Crippen LogP contribution in [0.3, 0.4) is 0 Å². The molecule has 4 nitrogen and oxygen atoms in total. The molecule has 6 heteroatoms. The van der Waals surface area contributed by atoms with E-state index >= 15 is 0 Å². The molecule has 0 spiro atoms. The van der Waals surface area contributed by atoms with E-state index < -0.39 is 17.8 Å². The smallest absolute Gasteiger partial charge is 0.246 e. The first-order valence-electron chi connectivity index (χ1n) is 8.46. The lowest BCUT2D eigenvalue weighted by Gasteiger charge is -2.15. The molecule has 1 atom stereocenters. The molecular formula is C21H18ClFN2O2. The quantitative estimate of drug-likeness (QED) is 0.688. The van der Waals surface area contributed by atoms with Gasteiger partial charge in [-0.15, -0.1) is 0 Å². The normalized spacial score (nSPS) is 11.8. The van der Waals surface area contributed by atoms with Crippen LogP contribution in [0, 0.1) is 5.82 Å². The highest BCUT2D eigenvalue weighted by Crippen LogP contribution is 2.20. The zero-order valence-corrected chi connectivity index (χ0v) is 15.4. The summed E-state index contributed by atoms with van der Waals surface area (Å²) in [6, 6.07) is 16.7. The van der Waals surface area contributed by atoms with Gasteiger partial charge in [-0.05, 0) is 41.5 Å². The monoisotopic (exact) mass is 384 g/mol. The minimum Gasteiger partial charge on any atom is -0.344 e. The Morgan fingerprint density at radius 3 is 2.59 bits per heavy atom. The summed E-state index contributed by atoms with van der Waals surface area (Å²) in [5.41, 5.74) is 1.25. The second kappa shape index (κ2) is 8.18. The zero-order chi connectivity index (χ0) is 19.4. The molecule has 0 heterocycles. The van der Waals surface area contributed by atoms with Gasteiger partial charge in [0.25, 0.3) is 0 Å². The highest BCUT2D eigenvalue weighted by Gasteiger charge is 2.17. The summed E-state index contributed by atoms with van der Waals surface area (Å²) in [6.45, 7) is 1.58. The van der Waals surface area contributed by atoms with Crippen molar-refractivity contribution in [2.45, 2.75) is 19.4 Å². The molecule has 0 fully saturated rings. The van der Waals surface area contributed by atoms with Crippen LogP contribution in [0.15, 0.2) is 60.7 Å². The van der Waals surface area contributed by atoms with Crippen LogP contribution in [0.4, 0.5) is 10.1 Å². The molecule has 0 bridgehead atoms. The maximum absolute atomic E-state index is 13.2. The molecule has 2 amide bonds. The molecule has 138 valence electrons. The lowest BCUT2D eigenvalue weighted by atomic mass is 10.0. The number of anilines is 1. The maximum Gasteiger partial charge on any atom is 0.246 e. The third-order valence-corrected chi connectivity index (χ3v) is 4.48. The number of hydrogen-bond donors (Lipinski definition) is 2. The molecule has 0 aliphatic heterocycles. The molecular weight excluding hydrogens is 367 g/mol. The largest absolute Gasteiger partial charge is 0.344 e. The Morgan fingerprint density at radius 2 is 1.81 bits per heavy atom. The van der Waals surface area contributed by atoms with E-state index in [9.17, 15) is 14.0 Å². The molecule has 3 aromatic carbocycles. The predicted octanol–water partition coefficient (Wildman–Crippen LogP) is 4.32. The first-order valence-corrected chi connectivity index (χ1v) is 8.84. The highest BCUT2D eigenvalue weighted by molar-refractivity contribution is 6.31. The molecule has 0 saturated heterocycles. The Morgan fingerprint density at radius 1 is 1.07 bits per heavy atom. The number of hydrogen-bond acceptors (Lipinski definition) is 2. The third-order valence-electron chi connectivity index (χ3n) is 4.19. The van der Waals surface area contributed by atoms with E-state index in [2.05, 4.69) is 10.6 Å². The topological polar surface area (TPSA) is 58.2 Å². The van der Waals surface area contributed by atoms with Crippen molar-refractivity contribution in [3.05, 3.63) is 77.1 Å². The van der Waals surface area contributed by atoms with E-state index in [1.54, 1.807) is 6.92 Å². The zero-order valence-electron chi connectivity index (χ0n) is 14.6.